The molecule has 4 rings (SSSR count). The van der Waals surface area contributed by atoms with Crippen molar-refractivity contribution in [3.05, 3.63) is 65.4 Å². The molecule has 0 fully saturated rings. The van der Waals surface area contributed by atoms with E-state index in [1.54, 1.807) is 19.6 Å². The van der Waals surface area contributed by atoms with Gasteiger partial charge < -0.3 is 10.1 Å². The van der Waals surface area contributed by atoms with Crippen molar-refractivity contribution in [2.24, 2.45) is 0 Å². The summed E-state index contributed by atoms with van der Waals surface area (Å²) in [6, 6.07) is 9.20. The zero-order valence-electron chi connectivity index (χ0n) is 15.0. The first-order valence-corrected chi connectivity index (χ1v) is 9.21. The number of nitrogens with one attached hydrogen (secondary N) is 1. The number of anilines is 1. The number of ether oxygens (including phenoxy) is 1. The minimum Gasteiger partial charge on any atom is -0.497 e. The van der Waals surface area contributed by atoms with E-state index in [-0.39, 0.29) is 5.56 Å². The Morgan fingerprint density at radius 1 is 1.26 bits per heavy atom. The fraction of sp³-hybridized carbons (Fsp3) is 0.150. The third kappa shape index (κ3) is 3.06. The molecule has 4 aromatic rings. The van der Waals surface area contributed by atoms with Crippen molar-refractivity contribution in [3.63, 3.8) is 0 Å². The van der Waals surface area contributed by atoms with Gasteiger partial charge in [0, 0.05) is 18.4 Å². The van der Waals surface area contributed by atoms with Crippen molar-refractivity contribution < 1.29 is 4.74 Å². The molecule has 0 aliphatic rings. The Morgan fingerprint density at radius 3 is 2.74 bits per heavy atom. The SMILES string of the molecule is C=C(C)CNc1ccnc2sc3c(=O)n(-c4ccc(OC)cc4)cnc3c12. The topological polar surface area (TPSA) is 69.0 Å². The number of thiophene rings is 1. The van der Waals surface area contributed by atoms with Crippen molar-refractivity contribution >= 4 is 37.5 Å². The van der Waals surface area contributed by atoms with Gasteiger partial charge in [0.05, 0.1) is 23.7 Å². The average molecular weight is 378 g/mol. The van der Waals surface area contributed by atoms with E-state index in [4.69, 9.17) is 4.74 Å². The molecule has 0 amide bonds. The highest BCUT2D eigenvalue weighted by Gasteiger charge is 2.16. The van der Waals surface area contributed by atoms with Gasteiger partial charge in [-0.1, -0.05) is 12.2 Å². The molecule has 0 atom stereocenters. The summed E-state index contributed by atoms with van der Waals surface area (Å²) in [5, 5.41) is 4.22. The molecule has 0 aliphatic carbocycles. The van der Waals surface area contributed by atoms with Crippen LogP contribution in [0.3, 0.4) is 0 Å². The van der Waals surface area contributed by atoms with Gasteiger partial charge in [0.1, 0.15) is 21.6 Å². The second kappa shape index (κ2) is 6.85. The molecule has 3 heterocycles. The summed E-state index contributed by atoms with van der Waals surface area (Å²) >= 11 is 1.36. The van der Waals surface area contributed by atoms with E-state index < -0.39 is 0 Å². The summed E-state index contributed by atoms with van der Waals surface area (Å²) in [6.45, 7) is 6.53. The predicted molar refractivity (Wildman–Crippen MR) is 110 cm³/mol. The molecule has 0 spiro atoms. The lowest BCUT2D eigenvalue weighted by Gasteiger charge is -2.08. The summed E-state index contributed by atoms with van der Waals surface area (Å²) in [4.78, 5) is 22.9. The van der Waals surface area contributed by atoms with Crippen LogP contribution in [0.15, 0.2) is 59.8 Å². The van der Waals surface area contributed by atoms with Crippen LogP contribution in [0.4, 0.5) is 5.69 Å². The minimum atomic E-state index is -0.112. The number of rotatable bonds is 5. The Balaban J connectivity index is 1.88. The fourth-order valence-corrected chi connectivity index (χ4v) is 3.93. The van der Waals surface area contributed by atoms with Crippen LogP contribution in [0.25, 0.3) is 26.1 Å². The molecule has 0 aliphatic heterocycles. The number of hydrogen-bond acceptors (Lipinski definition) is 6. The standard InChI is InChI=1S/C20H18N4O2S/c1-12(2)10-22-15-8-9-21-19-16(15)17-18(27-19)20(25)24(11-23-17)13-4-6-14(26-3)7-5-13/h4-9,11H,1,10H2,2-3H3,(H,21,22). The lowest BCUT2D eigenvalue weighted by Crippen LogP contribution is -2.17. The number of nitrogens with zero attached hydrogens (tertiary/aromatic N) is 3. The Hall–Kier alpha value is -3.19. The monoisotopic (exact) mass is 378 g/mol. The average Bonchev–Trinajstić information content (AvgIpc) is 3.07. The van der Waals surface area contributed by atoms with E-state index >= 15 is 0 Å². The second-order valence-electron chi connectivity index (χ2n) is 6.25. The van der Waals surface area contributed by atoms with Gasteiger partial charge in [-0.15, -0.1) is 11.3 Å². The molecule has 3 aromatic heterocycles. The Kier molecular flexibility index (Phi) is 4.37. The maximum atomic E-state index is 13.1. The van der Waals surface area contributed by atoms with E-state index in [9.17, 15) is 4.79 Å². The molecular formula is C20H18N4O2S. The highest BCUT2D eigenvalue weighted by atomic mass is 32.1. The van der Waals surface area contributed by atoms with Crippen LogP contribution in [0.2, 0.25) is 0 Å². The number of pyridine rings is 1. The van der Waals surface area contributed by atoms with E-state index in [0.717, 1.165) is 32.9 Å². The summed E-state index contributed by atoms with van der Waals surface area (Å²) in [5.41, 5.74) is 3.22. The van der Waals surface area contributed by atoms with Gasteiger partial charge >= 0.3 is 0 Å². The van der Waals surface area contributed by atoms with Crippen molar-refractivity contribution in [1.82, 2.24) is 14.5 Å². The minimum absolute atomic E-state index is 0.112. The van der Waals surface area contributed by atoms with Gasteiger partial charge in [0.25, 0.3) is 5.56 Å². The Bertz CT molecular complexity index is 1210. The molecule has 6 nitrogen and oxygen atoms in total. The Morgan fingerprint density at radius 2 is 2.04 bits per heavy atom. The van der Waals surface area contributed by atoms with Crippen LogP contribution in [0.5, 0.6) is 5.75 Å². The van der Waals surface area contributed by atoms with E-state index in [2.05, 4.69) is 21.9 Å². The van der Waals surface area contributed by atoms with Crippen molar-refractivity contribution in [1.29, 1.82) is 0 Å². The molecule has 0 unspecified atom stereocenters. The number of hydrogen-bond donors (Lipinski definition) is 1. The zero-order valence-corrected chi connectivity index (χ0v) is 15.8. The van der Waals surface area contributed by atoms with Crippen LogP contribution in [-0.4, -0.2) is 28.2 Å². The van der Waals surface area contributed by atoms with E-state index in [1.165, 1.54) is 15.9 Å². The van der Waals surface area contributed by atoms with Gasteiger partial charge in [-0.25, -0.2) is 9.97 Å². The number of fused-ring (bicyclic) bond motifs is 3. The smallest absolute Gasteiger partial charge is 0.275 e. The van der Waals surface area contributed by atoms with Crippen LogP contribution >= 0.6 is 11.3 Å². The molecule has 27 heavy (non-hydrogen) atoms. The highest BCUT2D eigenvalue weighted by molar-refractivity contribution is 7.25. The van der Waals surface area contributed by atoms with Gasteiger partial charge in [-0.3, -0.25) is 9.36 Å². The van der Waals surface area contributed by atoms with Crippen LogP contribution < -0.4 is 15.6 Å². The lowest BCUT2D eigenvalue weighted by atomic mass is 10.2. The normalized spacial score (nSPS) is 11.0. The van der Waals surface area contributed by atoms with Gasteiger partial charge in [-0.2, -0.15) is 0 Å². The second-order valence-corrected chi connectivity index (χ2v) is 7.25. The maximum absolute atomic E-state index is 13.1. The third-order valence-electron chi connectivity index (χ3n) is 4.21. The largest absolute Gasteiger partial charge is 0.497 e. The molecule has 0 bridgehead atoms. The third-order valence-corrected chi connectivity index (χ3v) is 5.29. The van der Waals surface area contributed by atoms with Gasteiger partial charge in [0.15, 0.2) is 0 Å². The van der Waals surface area contributed by atoms with Gasteiger partial charge in [-0.05, 0) is 37.3 Å². The first-order chi connectivity index (χ1) is 13.1. The lowest BCUT2D eigenvalue weighted by molar-refractivity contribution is 0.414. The molecular weight excluding hydrogens is 360 g/mol. The van der Waals surface area contributed by atoms with Crippen molar-refractivity contribution in [2.75, 3.05) is 19.0 Å². The highest BCUT2D eigenvalue weighted by Crippen LogP contribution is 2.34. The molecule has 0 radical (unpaired) electrons. The number of methoxy groups -OCH3 is 1. The van der Waals surface area contributed by atoms with Gasteiger partial charge in [0.2, 0.25) is 0 Å². The molecule has 0 saturated heterocycles. The molecule has 1 aromatic carbocycles. The summed E-state index contributed by atoms with van der Waals surface area (Å²) in [5.74, 6) is 0.736. The zero-order chi connectivity index (χ0) is 19.0. The van der Waals surface area contributed by atoms with Crippen LogP contribution in [0, 0.1) is 0 Å². The predicted octanol–water partition coefficient (Wildman–Crippen LogP) is 3.99. The first kappa shape index (κ1) is 17.2. The molecule has 1 N–H and O–H groups in total. The maximum Gasteiger partial charge on any atom is 0.275 e. The van der Waals surface area contributed by atoms with Crippen molar-refractivity contribution in [2.45, 2.75) is 6.92 Å². The number of benzene rings is 1. The number of aromatic nitrogens is 3. The quantitative estimate of drug-likeness (QED) is 0.532. The van der Waals surface area contributed by atoms with Crippen LogP contribution in [0.1, 0.15) is 6.92 Å². The molecule has 0 saturated carbocycles. The summed E-state index contributed by atoms with van der Waals surface area (Å²) < 4.78 is 7.30. The van der Waals surface area contributed by atoms with Crippen LogP contribution in [-0.2, 0) is 0 Å². The Labute approximate surface area is 159 Å². The van der Waals surface area contributed by atoms with Crippen molar-refractivity contribution in [3.8, 4) is 11.4 Å². The first-order valence-electron chi connectivity index (χ1n) is 8.40. The summed E-state index contributed by atoms with van der Waals surface area (Å²) in [6.07, 6.45) is 3.30. The molecule has 136 valence electrons. The van der Waals surface area contributed by atoms with E-state index in [0.29, 0.717) is 16.8 Å². The molecule has 7 heteroatoms. The fourth-order valence-electron chi connectivity index (χ4n) is 2.87. The van der Waals surface area contributed by atoms with E-state index in [1.807, 2.05) is 37.3 Å². The summed E-state index contributed by atoms with van der Waals surface area (Å²) in [7, 11) is 1.61.